The molecule has 1 saturated carbocycles. The smallest absolute Gasteiger partial charge is 0.333 e. The van der Waals surface area contributed by atoms with Crippen LogP contribution in [0.25, 0.3) is 0 Å². The Hall–Kier alpha value is -2.26. The van der Waals surface area contributed by atoms with Crippen molar-refractivity contribution in [1.82, 2.24) is 9.97 Å². The van der Waals surface area contributed by atoms with Crippen LogP contribution < -0.4 is 10.5 Å². The van der Waals surface area contributed by atoms with Crippen molar-refractivity contribution in [2.45, 2.75) is 50.7 Å². The fourth-order valence-electron chi connectivity index (χ4n) is 4.96. The molecule has 1 saturated heterocycles. The first kappa shape index (κ1) is 27.3. The van der Waals surface area contributed by atoms with Gasteiger partial charge >= 0.3 is 10.3 Å². The van der Waals surface area contributed by atoms with E-state index in [2.05, 4.69) is 37.3 Å². The van der Waals surface area contributed by atoms with Crippen molar-refractivity contribution < 1.29 is 26.9 Å². The summed E-state index contributed by atoms with van der Waals surface area (Å²) in [5, 5.41) is 10.3. The minimum Gasteiger partial charge on any atom is -0.364 e. The Morgan fingerprint density at radius 3 is 2.82 bits per heavy atom. The molecule has 2 fully saturated rings. The average Bonchev–Trinajstić information content (AvgIpc) is 3.51. The molecule has 0 unspecified atom stereocenters. The van der Waals surface area contributed by atoms with E-state index in [0.717, 1.165) is 15.6 Å². The van der Waals surface area contributed by atoms with Gasteiger partial charge in [-0.2, -0.15) is 8.42 Å². The number of hydrogen-bond acceptors (Lipinski definition) is 10. The first-order chi connectivity index (χ1) is 18.0. The highest BCUT2D eigenvalue weighted by Gasteiger charge is 2.54. The first-order valence-electron chi connectivity index (χ1n) is 11.9. The molecule has 0 bridgehead atoms. The van der Waals surface area contributed by atoms with Gasteiger partial charge in [-0.1, -0.05) is 28.1 Å². The number of ether oxygens (including phenoxy) is 2. The molecule has 10 nitrogen and oxygen atoms in total. The van der Waals surface area contributed by atoms with Crippen LogP contribution in [-0.4, -0.2) is 54.8 Å². The van der Waals surface area contributed by atoms with E-state index < -0.39 is 28.3 Å². The van der Waals surface area contributed by atoms with E-state index in [1.54, 1.807) is 13.8 Å². The van der Waals surface area contributed by atoms with Crippen LogP contribution in [0.5, 0.6) is 0 Å². The Bertz CT molecular complexity index is 1450. The van der Waals surface area contributed by atoms with E-state index in [1.807, 2.05) is 29.6 Å². The second kappa shape index (κ2) is 10.7. The van der Waals surface area contributed by atoms with Crippen LogP contribution in [0.4, 0.5) is 5.82 Å². The molecule has 38 heavy (non-hydrogen) atoms. The van der Waals surface area contributed by atoms with Gasteiger partial charge in [-0.05, 0) is 61.4 Å². The maximum Gasteiger partial charge on any atom is 0.333 e. The highest BCUT2D eigenvalue weighted by Crippen LogP contribution is 2.43. The summed E-state index contributed by atoms with van der Waals surface area (Å²) in [6.07, 6.45) is 3.22. The third-order valence-electron chi connectivity index (χ3n) is 6.48. The Kier molecular flexibility index (Phi) is 7.70. The van der Waals surface area contributed by atoms with E-state index in [0.29, 0.717) is 29.1 Å². The standard InChI is InChI=1S/C25H27BrN4O6S2/c1-25(2)35-22-16(11-34-38(27,32)33)9-19(23(22)36-25)30-24-18(10-28-13-29-24)21(31)20-8-15(12-37-20)6-14-4-3-5-17(26)7-14/h3-5,7-8,10,12-13,16,19,22-23H,6,9,11H2,1-2H3,(H2,27,32,33)(H,28,29,30)/t16-,19-,22-,23+/m1/s1. The normalized spacial score (nSPS) is 24.3. The molecule has 4 atom stereocenters. The molecule has 1 aliphatic heterocycles. The molecule has 1 aromatic carbocycles. The number of halogens is 1. The predicted molar refractivity (Wildman–Crippen MR) is 145 cm³/mol. The van der Waals surface area contributed by atoms with Gasteiger partial charge in [0.15, 0.2) is 5.79 Å². The highest BCUT2D eigenvalue weighted by molar-refractivity contribution is 9.10. The lowest BCUT2D eigenvalue weighted by Gasteiger charge is -2.24. The van der Waals surface area contributed by atoms with E-state index in [-0.39, 0.29) is 24.3 Å². The molecule has 3 N–H and O–H groups in total. The number of anilines is 1. The number of fused-ring (bicyclic) bond motifs is 1. The van der Waals surface area contributed by atoms with Crippen LogP contribution in [0.15, 0.2) is 52.7 Å². The van der Waals surface area contributed by atoms with Crippen LogP contribution >= 0.6 is 27.3 Å². The van der Waals surface area contributed by atoms with Gasteiger partial charge in [-0.15, -0.1) is 11.3 Å². The number of carbonyl (C=O) groups is 1. The second-order valence-corrected chi connectivity index (χ2v) is 12.9. The molecule has 0 radical (unpaired) electrons. The fourth-order valence-corrected chi connectivity index (χ4v) is 6.64. The molecule has 13 heteroatoms. The maximum atomic E-state index is 13.5. The summed E-state index contributed by atoms with van der Waals surface area (Å²) >= 11 is 4.87. The topological polar surface area (TPSA) is 143 Å². The number of nitrogens with one attached hydrogen (secondary N) is 1. The van der Waals surface area contributed by atoms with Crippen molar-refractivity contribution in [2.75, 3.05) is 11.9 Å². The van der Waals surface area contributed by atoms with Gasteiger partial charge in [-0.25, -0.2) is 15.1 Å². The summed E-state index contributed by atoms with van der Waals surface area (Å²) in [5.41, 5.74) is 2.51. The fraction of sp³-hybridized carbons (Fsp3) is 0.400. The number of hydrogen-bond donors (Lipinski definition) is 2. The summed E-state index contributed by atoms with van der Waals surface area (Å²) in [6, 6.07) is 9.64. The molecule has 5 rings (SSSR count). The maximum absolute atomic E-state index is 13.5. The number of aromatic nitrogens is 2. The van der Waals surface area contributed by atoms with Gasteiger partial charge in [0.05, 0.1) is 29.2 Å². The van der Waals surface area contributed by atoms with E-state index >= 15 is 0 Å². The number of rotatable bonds is 9. The number of nitrogens with two attached hydrogens (primary N) is 1. The average molecular weight is 624 g/mol. The second-order valence-electron chi connectivity index (χ2n) is 9.83. The van der Waals surface area contributed by atoms with E-state index in [1.165, 1.54) is 23.9 Å². The largest absolute Gasteiger partial charge is 0.364 e. The minimum absolute atomic E-state index is 0.136. The van der Waals surface area contributed by atoms with Crippen molar-refractivity contribution in [2.24, 2.45) is 11.1 Å². The molecule has 3 heterocycles. The zero-order valence-corrected chi connectivity index (χ0v) is 23.9. The zero-order chi connectivity index (χ0) is 27.1. The van der Waals surface area contributed by atoms with Crippen molar-refractivity contribution in [3.8, 4) is 0 Å². The summed E-state index contributed by atoms with van der Waals surface area (Å²) in [7, 11) is -4.10. The van der Waals surface area contributed by atoms with Gasteiger partial charge < -0.3 is 14.8 Å². The van der Waals surface area contributed by atoms with Crippen LogP contribution in [0.3, 0.4) is 0 Å². The summed E-state index contributed by atoms with van der Waals surface area (Å²) in [5.74, 6) is -0.971. The summed E-state index contributed by atoms with van der Waals surface area (Å²) in [4.78, 5) is 22.5. The lowest BCUT2D eigenvalue weighted by molar-refractivity contribution is -0.158. The molecule has 2 aliphatic rings. The van der Waals surface area contributed by atoms with Crippen molar-refractivity contribution in [3.63, 3.8) is 0 Å². The van der Waals surface area contributed by atoms with Gasteiger partial charge in [-0.3, -0.25) is 8.98 Å². The highest BCUT2D eigenvalue weighted by atomic mass is 79.9. The van der Waals surface area contributed by atoms with E-state index in [4.69, 9.17) is 18.8 Å². The number of thiophene rings is 1. The Balaban J connectivity index is 1.34. The molecule has 2 aromatic heterocycles. The first-order valence-corrected chi connectivity index (χ1v) is 15.1. The van der Waals surface area contributed by atoms with Gasteiger partial charge in [0, 0.05) is 16.6 Å². The Morgan fingerprint density at radius 2 is 2.05 bits per heavy atom. The Morgan fingerprint density at radius 1 is 1.26 bits per heavy atom. The number of ketones is 1. The van der Waals surface area contributed by atoms with Crippen LogP contribution in [0.1, 0.15) is 46.6 Å². The van der Waals surface area contributed by atoms with Gasteiger partial charge in [0.1, 0.15) is 18.2 Å². The molecule has 0 amide bonds. The lowest BCUT2D eigenvalue weighted by Crippen LogP contribution is -2.35. The van der Waals surface area contributed by atoms with E-state index in [9.17, 15) is 13.2 Å². The third kappa shape index (κ3) is 6.30. The zero-order valence-electron chi connectivity index (χ0n) is 20.7. The van der Waals surface area contributed by atoms with Crippen molar-refractivity contribution >= 4 is 49.2 Å². The molecule has 3 aromatic rings. The summed E-state index contributed by atoms with van der Waals surface area (Å²) < 4.78 is 40.8. The van der Waals surface area contributed by atoms with Gasteiger partial charge in [0.2, 0.25) is 5.78 Å². The monoisotopic (exact) mass is 622 g/mol. The van der Waals surface area contributed by atoms with Crippen LogP contribution in [-0.2, 0) is 30.4 Å². The molecular formula is C25H27BrN4O6S2. The molecule has 1 aliphatic carbocycles. The predicted octanol–water partition coefficient (Wildman–Crippen LogP) is 3.66. The quantitative estimate of drug-likeness (QED) is 0.342. The Labute approximate surface area is 233 Å². The van der Waals surface area contributed by atoms with Crippen LogP contribution in [0, 0.1) is 5.92 Å². The van der Waals surface area contributed by atoms with Gasteiger partial charge in [0.25, 0.3) is 0 Å². The summed E-state index contributed by atoms with van der Waals surface area (Å²) in [6.45, 7) is 3.45. The SMILES string of the molecule is CC1(C)O[C@@H]2[C@@H](COS(N)(=O)=O)C[C@@H](Nc3ncncc3C(=O)c3cc(Cc4cccc(Br)c4)cs3)[C@@H]2O1. The third-order valence-corrected chi connectivity index (χ3v) is 8.42. The molecule has 202 valence electrons. The molecule has 0 spiro atoms. The van der Waals surface area contributed by atoms with Crippen molar-refractivity contribution in [3.05, 3.63) is 74.3 Å². The van der Waals surface area contributed by atoms with Crippen molar-refractivity contribution in [1.29, 1.82) is 0 Å². The van der Waals surface area contributed by atoms with Crippen LogP contribution in [0.2, 0.25) is 0 Å². The lowest BCUT2D eigenvalue weighted by atomic mass is 10.1. The number of carbonyl (C=O) groups excluding carboxylic acids is 1. The minimum atomic E-state index is -4.10. The number of nitrogens with zero attached hydrogens (tertiary/aromatic N) is 2. The molecular weight excluding hydrogens is 596 g/mol. The number of benzene rings is 1.